The summed E-state index contributed by atoms with van der Waals surface area (Å²) in [6, 6.07) is 10.7. The van der Waals surface area contributed by atoms with Crippen molar-refractivity contribution in [3.05, 3.63) is 35.4 Å². The van der Waals surface area contributed by atoms with Gasteiger partial charge in [0, 0.05) is 51.4 Å². The molecule has 0 amide bonds. The lowest BCUT2D eigenvalue weighted by Gasteiger charge is -2.35. The summed E-state index contributed by atoms with van der Waals surface area (Å²) in [5, 5.41) is 3.65. The van der Waals surface area contributed by atoms with E-state index < -0.39 is 0 Å². The third-order valence-electron chi connectivity index (χ3n) is 5.14. The van der Waals surface area contributed by atoms with Crippen LogP contribution in [0.4, 0.5) is 0 Å². The Kier molecular flexibility index (Phi) is 3.97. The van der Waals surface area contributed by atoms with E-state index in [0.29, 0.717) is 0 Å². The van der Waals surface area contributed by atoms with E-state index in [-0.39, 0.29) is 0 Å². The second-order valence-electron chi connectivity index (χ2n) is 6.97. The second-order valence-corrected chi connectivity index (χ2v) is 6.97. The Balaban J connectivity index is 1.33. The van der Waals surface area contributed by atoms with Crippen molar-refractivity contribution in [3.63, 3.8) is 0 Å². The van der Waals surface area contributed by atoms with E-state index in [1.807, 2.05) is 0 Å². The zero-order valence-corrected chi connectivity index (χ0v) is 12.9. The molecule has 1 aliphatic heterocycles. The van der Waals surface area contributed by atoms with Gasteiger partial charge in [-0.3, -0.25) is 9.80 Å². The van der Waals surface area contributed by atoms with E-state index in [1.165, 1.54) is 63.0 Å². The molecule has 0 radical (unpaired) electrons. The van der Waals surface area contributed by atoms with Gasteiger partial charge >= 0.3 is 0 Å². The molecule has 2 aliphatic carbocycles. The highest BCUT2D eigenvalue weighted by molar-refractivity contribution is 5.27. The number of benzene rings is 1. The quantitative estimate of drug-likeness (QED) is 0.864. The maximum Gasteiger partial charge on any atom is 0.0238 e. The van der Waals surface area contributed by atoms with Crippen molar-refractivity contribution >= 4 is 0 Å². The minimum Gasteiger partial charge on any atom is -0.310 e. The van der Waals surface area contributed by atoms with Gasteiger partial charge in [0.1, 0.15) is 0 Å². The van der Waals surface area contributed by atoms with Gasteiger partial charge in [0.2, 0.25) is 0 Å². The summed E-state index contributed by atoms with van der Waals surface area (Å²) >= 11 is 0. The van der Waals surface area contributed by atoms with Crippen LogP contribution >= 0.6 is 0 Å². The smallest absolute Gasteiger partial charge is 0.0238 e. The number of nitrogens with one attached hydrogen (secondary N) is 1. The Hall–Kier alpha value is -0.900. The van der Waals surface area contributed by atoms with E-state index in [0.717, 1.165) is 25.2 Å². The lowest BCUT2D eigenvalue weighted by molar-refractivity contribution is 0.121. The molecule has 2 saturated carbocycles. The van der Waals surface area contributed by atoms with E-state index >= 15 is 0 Å². The molecule has 0 aromatic heterocycles. The third kappa shape index (κ3) is 3.65. The molecular weight excluding hydrogens is 258 g/mol. The minimum absolute atomic E-state index is 0.792. The van der Waals surface area contributed by atoms with Gasteiger partial charge in [-0.1, -0.05) is 24.3 Å². The van der Waals surface area contributed by atoms with E-state index in [1.54, 1.807) is 0 Å². The van der Waals surface area contributed by atoms with Crippen LogP contribution in [0.1, 0.15) is 36.8 Å². The van der Waals surface area contributed by atoms with Crippen molar-refractivity contribution in [1.82, 2.24) is 15.1 Å². The van der Waals surface area contributed by atoms with Crippen molar-refractivity contribution in [3.8, 4) is 0 Å². The molecule has 3 aliphatic rings. The fraction of sp³-hybridized carbons (Fsp3) is 0.667. The number of rotatable bonds is 6. The lowest BCUT2D eigenvalue weighted by Crippen LogP contribution is -2.46. The molecule has 0 spiro atoms. The monoisotopic (exact) mass is 285 g/mol. The van der Waals surface area contributed by atoms with Gasteiger partial charge in [0.15, 0.2) is 0 Å². The van der Waals surface area contributed by atoms with Crippen LogP contribution in [0.2, 0.25) is 0 Å². The van der Waals surface area contributed by atoms with Crippen LogP contribution in [0.5, 0.6) is 0 Å². The Bertz CT molecular complexity index is 471. The normalized spacial score (nSPS) is 24.4. The first-order valence-electron chi connectivity index (χ1n) is 8.65. The summed E-state index contributed by atoms with van der Waals surface area (Å²) < 4.78 is 0. The van der Waals surface area contributed by atoms with Crippen LogP contribution in [-0.2, 0) is 13.1 Å². The number of hydrogen-bond donors (Lipinski definition) is 1. The molecule has 3 heteroatoms. The molecule has 4 rings (SSSR count). The van der Waals surface area contributed by atoms with Crippen LogP contribution in [0.3, 0.4) is 0 Å². The van der Waals surface area contributed by atoms with E-state index in [2.05, 4.69) is 39.4 Å². The van der Waals surface area contributed by atoms with Gasteiger partial charge in [-0.25, -0.2) is 0 Å². The van der Waals surface area contributed by atoms with Crippen molar-refractivity contribution in [2.24, 2.45) is 0 Å². The SMILES string of the molecule is c1ccc(CN2CCN(C3CC3)CC2)c(CNC2CC2)c1. The summed E-state index contributed by atoms with van der Waals surface area (Å²) in [6.07, 6.45) is 5.61. The fourth-order valence-corrected chi connectivity index (χ4v) is 3.39. The van der Waals surface area contributed by atoms with Gasteiger partial charge in [0.05, 0.1) is 0 Å². The van der Waals surface area contributed by atoms with Gasteiger partial charge in [-0.05, 0) is 36.8 Å². The molecule has 1 aromatic rings. The molecule has 3 nitrogen and oxygen atoms in total. The van der Waals surface area contributed by atoms with Crippen LogP contribution in [-0.4, -0.2) is 48.1 Å². The molecule has 3 fully saturated rings. The summed E-state index contributed by atoms with van der Waals surface area (Å²) in [7, 11) is 0. The molecule has 21 heavy (non-hydrogen) atoms. The zero-order valence-electron chi connectivity index (χ0n) is 12.9. The van der Waals surface area contributed by atoms with Gasteiger partial charge in [-0.2, -0.15) is 0 Å². The molecule has 0 unspecified atom stereocenters. The first kappa shape index (κ1) is 13.7. The van der Waals surface area contributed by atoms with Crippen LogP contribution in [0.15, 0.2) is 24.3 Å². The van der Waals surface area contributed by atoms with Gasteiger partial charge < -0.3 is 5.32 Å². The standard InChI is InChI=1S/C18H27N3/c1-2-4-16(15(3-1)13-19-17-5-6-17)14-20-9-11-21(12-10-20)18-7-8-18/h1-4,17-19H,5-14H2. The Morgan fingerprint density at radius 2 is 1.62 bits per heavy atom. The molecular formula is C18H27N3. The average molecular weight is 285 g/mol. The van der Waals surface area contributed by atoms with Gasteiger partial charge in [-0.15, -0.1) is 0 Å². The Morgan fingerprint density at radius 1 is 0.905 bits per heavy atom. The van der Waals surface area contributed by atoms with Gasteiger partial charge in [0.25, 0.3) is 0 Å². The van der Waals surface area contributed by atoms with E-state index in [4.69, 9.17) is 0 Å². The first-order valence-corrected chi connectivity index (χ1v) is 8.65. The van der Waals surface area contributed by atoms with Crippen LogP contribution < -0.4 is 5.32 Å². The molecule has 1 N–H and O–H groups in total. The minimum atomic E-state index is 0.792. The molecule has 1 heterocycles. The van der Waals surface area contributed by atoms with Crippen molar-refractivity contribution < 1.29 is 0 Å². The highest BCUT2D eigenvalue weighted by atomic mass is 15.3. The maximum atomic E-state index is 3.65. The maximum absolute atomic E-state index is 3.65. The Morgan fingerprint density at radius 3 is 2.29 bits per heavy atom. The summed E-state index contributed by atoms with van der Waals surface area (Å²) in [5.41, 5.74) is 3.01. The summed E-state index contributed by atoms with van der Waals surface area (Å²) in [4.78, 5) is 5.33. The molecule has 0 atom stereocenters. The predicted molar refractivity (Wildman–Crippen MR) is 86.2 cm³/mol. The lowest BCUT2D eigenvalue weighted by atomic mass is 10.1. The Labute approximate surface area is 128 Å². The van der Waals surface area contributed by atoms with Crippen LogP contribution in [0, 0.1) is 0 Å². The zero-order chi connectivity index (χ0) is 14.1. The number of nitrogens with zero attached hydrogens (tertiary/aromatic N) is 2. The molecule has 0 bridgehead atoms. The molecule has 114 valence electrons. The number of piperazine rings is 1. The second kappa shape index (κ2) is 6.07. The molecule has 1 saturated heterocycles. The third-order valence-corrected chi connectivity index (χ3v) is 5.14. The van der Waals surface area contributed by atoms with E-state index in [9.17, 15) is 0 Å². The predicted octanol–water partition coefficient (Wildman–Crippen LogP) is 2.22. The fourth-order valence-electron chi connectivity index (χ4n) is 3.39. The highest BCUT2D eigenvalue weighted by Crippen LogP contribution is 2.27. The van der Waals surface area contributed by atoms with Crippen molar-refractivity contribution in [2.45, 2.75) is 50.9 Å². The first-order chi connectivity index (χ1) is 10.4. The van der Waals surface area contributed by atoms with Crippen molar-refractivity contribution in [1.29, 1.82) is 0 Å². The van der Waals surface area contributed by atoms with Crippen LogP contribution in [0.25, 0.3) is 0 Å². The summed E-state index contributed by atoms with van der Waals surface area (Å²) in [6.45, 7) is 7.19. The molecule has 1 aromatic carbocycles. The topological polar surface area (TPSA) is 18.5 Å². The number of hydrogen-bond acceptors (Lipinski definition) is 3. The summed E-state index contributed by atoms with van der Waals surface area (Å²) in [5.74, 6) is 0. The largest absolute Gasteiger partial charge is 0.310 e. The van der Waals surface area contributed by atoms with Crippen molar-refractivity contribution in [2.75, 3.05) is 26.2 Å². The highest BCUT2D eigenvalue weighted by Gasteiger charge is 2.31. The average Bonchev–Trinajstić information content (AvgIpc) is 3.40.